The van der Waals surface area contributed by atoms with Crippen molar-refractivity contribution in [3.63, 3.8) is 0 Å². The molecule has 0 aromatic rings. The topological polar surface area (TPSA) is 0 Å². The molecule has 0 aromatic heterocycles. The molecule has 0 saturated carbocycles. The molecule has 0 aliphatic carbocycles. The minimum absolute atomic E-state index is 0.236. The van der Waals surface area contributed by atoms with Crippen LogP contribution < -0.4 is 0 Å². The van der Waals surface area contributed by atoms with Crippen molar-refractivity contribution in [2.24, 2.45) is 0 Å². The van der Waals surface area contributed by atoms with Gasteiger partial charge in [0.15, 0.2) is 0 Å². The molecule has 0 bridgehead atoms. The molecule has 0 aliphatic rings. The molecule has 1 heteroatoms. The molecular weight excluding hydrogens is 92.1 g/mol. The fourth-order valence-electron chi connectivity index (χ4n) is 0. The van der Waals surface area contributed by atoms with Crippen molar-refractivity contribution in [3.05, 3.63) is 0 Å². The lowest BCUT2D eigenvalue weighted by Gasteiger charge is -2.04. The smallest absolute Gasteiger partial charge is 0.0315 e. The summed E-state index contributed by atoms with van der Waals surface area (Å²) in [6, 6.07) is 0. The van der Waals surface area contributed by atoms with Gasteiger partial charge in [0.1, 0.15) is 0 Å². The van der Waals surface area contributed by atoms with Gasteiger partial charge < -0.3 is 0 Å². The van der Waals surface area contributed by atoms with Gasteiger partial charge in [-0.05, 0) is 20.8 Å². The molecule has 0 heterocycles. The first-order valence-corrected chi connectivity index (χ1v) is 2.82. The summed E-state index contributed by atoms with van der Waals surface area (Å²) >= 11 is 1.38. The van der Waals surface area contributed by atoms with E-state index in [-0.39, 0.29) is 4.75 Å². The summed E-state index contributed by atoms with van der Waals surface area (Å²) in [6.45, 7) is 6.24. The van der Waals surface area contributed by atoms with Crippen LogP contribution in [0.3, 0.4) is 0 Å². The van der Waals surface area contributed by atoms with Crippen LogP contribution in [0, 0.1) is 5.69 Å². The summed E-state index contributed by atoms with van der Waals surface area (Å²) in [5.41, 5.74) is 5.22. The van der Waals surface area contributed by atoms with Gasteiger partial charge in [0.25, 0.3) is 0 Å². The Morgan fingerprint density at radius 2 is 1.50 bits per heavy atom. The Labute approximate surface area is 43.2 Å². The Hall–Kier alpha value is 0. The lowest BCUT2D eigenvalue weighted by molar-refractivity contribution is 0.811. The van der Waals surface area contributed by atoms with Crippen LogP contribution in [-0.4, -0.2) is 4.75 Å². The third-order valence-electron chi connectivity index (χ3n) is 0.354. The standard InChI is InChI=1S/C5H10S/c1-5(2,3)6-4/h4H,1-3H3. The maximum atomic E-state index is 5.22. The Morgan fingerprint density at radius 3 is 1.50 bits per heavy atom. The zero-order valence-electron chi connectivity index (χ0n) is 4.49. The largest absolute Gasteiger partial charge is 0.132 e. The van der Waals surface area contributed by atoms with Gasteiger partial charge in [-0.1, -0.05) is 0 Å². The molecule has 0 rings (SSSR count). The fourth-order valence-corrected chi connectivity index (χ4v) is 0. The van der Waals surface area contributed by atoms with Crippen LogP contribution in [0.5, 0.6) is 0 Å². The van der Waals surface area contributed by atoms with Gasteiger partial charge in [-0.3, -0.25) is 0 Å². The van der Waals surface area contributed by atoms with E-state index in [2.05, 4.69) is 20.8 Å². The first-order valence-electron chi connectivity index (χ1n) is 1.94. The Morgan fingerprint density at radius 1 is 1.33 bits per heavy atom. The predicted octanol–water partition coefficient (Wildman–Crippen LogP) is 2.11. The van der Waals surface area contributed by atoms with Crippen LogP contribution in [0.1, 0.15) is 20.8 Å². The highest BCUT2D eigenvalue weighted by molar-refractivity contribution is 7.89. The van der Waals surface area contributed by atoms with E-state index in [1.165, 1.54) is 11.2 Å². The second-order valence-electron chi connectivity index (χ2n) is 2.23. The van der Waals surface area contributed by atoms with Gasteiger partial charge in [0.2, 0.25) is 0 Å². The predicted molar refractivity (Wildman–Crippen MR) is 32.3 cm³/mol. The molecule has 0 N–H and O–H groups in total. The van der Waals surface area contributed by atoms with Crippen LogP contribution in [0.25, 0.3) is 0 Å². The van der Waals surface area contributed by atoms with Gasteiger partial charge in [0, 0.05) is 4.75 Å². The van der Waals surface area contributed by atoms with Crippen LogP contribution >= 0.6 is 11.2 Å². The molecule has 0 amide bonds. The Bertz CT molecular complexity index is 70.9. The van der Waals surface area contributed by atoms with Crippen LogP contribution in [-0.2, 0) is 0 Å². The van der Waals surface area contributed by atoms with Crippen molar-refractivity contribution in [2.75, 3.05) is 0 Å². The van der Waals surface area contributed by atoms with Gasteiger partial charge in [-0.2, -0.15) is 0 Å². The van der Waals surface area contributed by atoms with Gasteiger partial charge in [0.05, 0.1) is 0 Å². The fraction of sp³-hybridized carbons (Fsp3) is 0.800. The third kappa shape index (κ3) is 4.00. The van der Waals surface area contributed by atoms with Crippen molar-refractivity contribution >= 4 is 11.2 Å². The molecule has 6 heavy (non-hydrogen) atoms. The average Bonchev–Trinajstić information content (AvgIpc) is 1.35. The van der Waals surface area contributed by atoms with Crippen LogP contribution in [0.4, 0.5) is 0 Å². The number of rotatable bonds is 0. The van der Waals surface area contributed by atoms with Crippen LogP contribution in [0.2, 0.25) is 0 Å². The highest BCUT2D eigenvalue weighted by Gasteiger charge is 2.00. The van der Waals surface area contributed by atoms with Crippen molar-refractivity contribution in [3.8, 4) is 5.69 Å². The number of hydrogen-bond donors (Lipinski definition) is 0. The second-order valence-corrected chi connectivity index (χ2v) is 3.69. The third-order valence-corrected chi connectivity index (χ3v) is 1.06. The summed E-state index contributed by atoms with van der Waals surface area (Å²) in [5, 5.41) is 0. The Kier molecular flexibility index (Phi) is 1.63. The monoisotopic (exact) mass is 102 g/mol. The zero-order valence-corrected chi connectivity index (χ0v) is 5.30. The molecule has 0 spiro atoms. The molecule has 0 nitrogen and oxygen atoms in total. The maximum absolute atomic E-state index is 5.22. The minimum atomic E-state index is 0.236. The minimum Gasteiger partial charge on any atom is -0.132 e. The normalized spacial score (nSPS) is 11.0. The quantitative estimate of drug-likeness (QED) is 0.439. The molecule has 0 saturated heterocycles. The highest BCUT2D eigenvalue weighted by atomic mass is 32.1. The van der Waals surface area contributed by atoms with Crippen molar-refractivity contribution in [1.82, 2.24) is 0 Å². The lowest BCUT2D eigenvalue weighted by atomic mass is 10.3. The molecule has 0 aliphatic heterocycles. The van der Waals surface area contributed by atoms with Crippen LogP contribution in [0.15, 0.2) is 0 Å². The van der Waals surface area contributed by atoms with Crippen molar-refractivity contribution in [2.45, 2.75) is 25.5 Å². The molecule has 0 atom stereocenters. The second kappa shape index (κ2) is 1.63. The molecule has 0 radical (unpaired) electrons. The molecule has 0 aromatic carbocycles. The van der Waals surface area contributed by atoms with E-state index < -0.39 is 0 Å². The van der Waals surface area contributed by atoms with E-state index in [0.717, 1.165) is 0 Å². The summed E-state index contributed by atoms with van der Waals surface area (Å²) < 4.78 is 0.236. The maximum Gasteiger partial charge on any atom is 0.0315 e. The van der Waals surface area contributed by atoms with E-state index in [9.17, 15) is 0 Å². The van der Waals surface area contributed by atoms with Crippen molar-refractivity contribution < 1.29 is 0 Å². The van der Waals surface area contributed by atoms with E-state index in [1.54, 1.807) is 0 Å². The molecule has 0 unspecified atom stereocenters. The van der Waals surface area contributed by atoms with E-state index >= 15 is 0 Å². The van der Waals surface area contributed by atoms with Gasteiger partial charge in [-0.25, -0.2) is 0 Å². The van der Waals surface area contributed by atoms with E-state index in [0.29, 0.717) is 0 Å². The highest BCUT2D eigenvalue weighted by Crippen LogP contribution is 2.10. The number of hydrogen-bond acceptors (Lipinski definition) is 0. The van der Waals surface area contributed by atoms with E-state index in [1.807, 2.05) is 0 Å². The average molecular weight is 102 g/mol. The molecule has 36 valence electrons. The Balaban J connectivity index is 3.55. The van der Waals surface area contributed by atoms with E-state index in [4.69, 9.17) is 5.69 Å². The van der Waals surface area contributed by atoms with Crippen molar-refractivity contribution in [1.29, 1.82) is 0 Å². The summed E-state index contributed by atoms with van der Waals surface area (Å²) in [7, 11) is 0. The SMILES string of the molecule is C#SC(C)(C)C. The molecular formula is C5H10S. The first kappa shape index (κ1) is 6.00. The summed E-state index contributed by atoms with van der Waals surface area (Å²) in [6.07, 6.45) is 0. The first-order chi connectivity index (χ1) is 2.56. The summed E-state index contributed by atoms with van der Waals surface area (Å²) in [4.78, 5) is 0. The molecule has 0 fully saturated rings. The summed E-state index contributed by atoms with van der Waals surface area (Å²) in [5.74, 6) is 0. The lowest BCUT2D eigenvalue weighted by Crippen LogP contribution is -2.00. The zero-order chi connectivity index (χ0) is 5.21. The van der Waals surface area contributed by atoms with Gasteiger partial charge >= 0.3 is 0 Å². The van der Waals surface area contributed by atoms with Gasteiger partial charge in [-0.15, -0.1) is 16.9 Å².